The van der Waals surface area contributed by atoms with E-state index in [4.69, 9.17) is 42.6 Å². The van der Waals surface area contributed by atoms with Gasteiger partial charge in [-0.05, 0) is 74.9 Å². The Morgan fingerprint density at radius 3 is 1.91 bits per heavy atom. The molecule has 3 saturated heterocycles. The fourth-order valence-electron chi connectivity index (χ4n) is 9.27. The van der Waals surface area contributed by atoms with E-state index in [-0.39, 0.29) is 37.2 Å². The van der Waals surface area contributed by atoms with Gasteiger partial charge in [0.2, 0.25) is 0 Å². The molecule has 0 bridgehead atoms. The molecule has 1 unspecified atom stereocenters. The summed E-state index contributed by atoms with van der Waals surface area (Å²) < 4.78 is 56.4. The zero-order valence-corrected chi connectivity index (χ0v) is 37.6. The minimum absolute atomic E-state index is 0.0691. The summed E-state index contributed by atoms with van der Waals surface area (Å²) in [5.74, 6) is -5.76. The van der Waals surface area contributed by atoms with Crippen molar-refractivity contribution in [3.63, 3.8) is 0 Å². The summed E-state index contributed by atoms with van der Waals surface area (Å²) in [4.78, 5) is 55.1. The molecule has 3 fully saturated rings. The predicted molar refractivity (Wildman–Crippen MR) is 210 cm³/mol. The monoisotopic (exact) mass is 831 g/mol. The maximum Gasteiger partial charge on any atom is 0.311 e. The molecular formula is C42H73NO15. The van der Waals surface area contributed by atoms with Gasteiger partial charge in [-0.3, -0.25) is 19.2 Å². The van der Waals surface area contributed by atoms with Gasteiger partial charge in [-0.15, -0.1) is 0 Å². The number of esters is 3. The Kier molecular flexibility index (Phi) is 17.3. The van der Waals surface area contributed by atoms with Crippen LogP contribution in [0.1, 0.15) is 109 Å². The second kappa shape index (κ2) is 20.1. The molecule has 16 heteroatoms. The Morgan fingerprint density at radius 2 is 1.40 bits per heavy atom. The molecule has 0 aromatic carbocycles. The second-order valence-corrected chi connectivity index (χ2v) is 17.8. The number of ether oxygens (including phenoxy) is 9. The molecular weight excluding hydrogens is 758 g/mol. The first-order valence-electron chi connectivity index (χ1n) is 20.7. The molecule has 58 heavy (non-hydrogen) atoms. The van der Waals surface area contributed by atoms with Gasteiger partial charge < -0.3 is 57.7 Å². The number of Topliss-reactive ketones (excluding diaryl/α,β-unsaturated/α-hetero) is 1. The summed E-state index contributed by atoms with van der Waals surface area (Å²) in [5.41, 5.74) is -4.37. The summed E-state index contributed by atoms with van der Waals surface area (Å²) in [6.07, 6.45) is -8.86. The lowest BCUT2D eigenvalue weighted by Crippen LogP contribution is -2.62. The molecule has 0 radical (unpaired) electrons. The minimum atomic E-state index is -2.00. The van der Waals surface area contributed by atoms with E-state index in [1.165, 1.54) is 35.0 Å². The van der Waals surface area contributed by atoms with Gasteiger partial charge in [-0.1, -0.05) is 27.7 Å². The Morgan fingerprint density at radius 1 is 0.828 bits per heavy atom. The first-order chi connectivity index (χ1) is 26.8. The van der Waals surface area contributed by atoms with Crippen molar-refractivity contribution in [1.29, 1.82) is 0 Å². The number of aliphatic hydroxyl groups is 2. The Bertz CT molecular complexity index is 1410. The third-order valence-corrected chi connectivity index (χ3v) is 12.8. The molecule has 18 atom stereocenters. The first-order valence-corrected chi connectivity index (χ1v) is 20.7. The van der Waals surface area contributed by atoms with E-state index in [0.29, 0.717) is 6.42 Å². The van der Waals surface area contributed by atoms with Crippen molar-refractivity contribution in [3.8, 4) is 0 Å². The number of methoxy groups -OCH3 is 2. The van der Waals surface area contributed by atoms with E-state index in [9.17, 15) is 29.4 Å². The molecule has 3 rings (SSSR count). The van der Waals surface area contributed by atoms with Crippen LogP contribution in [0.3, 0.4) is 0 Å². The highest BCUT2D eigenvalue weighted by Crippen LogP contribution is 2.42. The van der Waals surface area contributed by atoms with E-state index in [2.05, 4.69) is 0 Å². The third-order valence-electron chi connectivity index (χ3n) is 12.8. The first kappa shape index (κ1) is 50.1. The quantitative estimate of drug-likeness (QED) is 0.239. The van der Waals surface area contributed by atoms with Crippen LogP contribution in [-0.2, 0) is 61.8 Å². The molecule has 0 amide bonds. The van der Waals surface area contributed by atoms with Crippen LogP contribution in [0.25, 0.3) is 0 Å². The van der Waals surface area contributed by atoms with Gasteiger partial charge in [0.1, 0.15) is 23.1 Å². The van der Waals surface area contributed by atoms with Crippen molar-refractivity contribution < 1.29 is 72.0 Å². The van der Waals surface area contributed by atoms with Crippen molar-refractivity contribution >= 4 is 23.7 Å². The number of hydrogen-bond acceptors (Lipinski definition) is 16. The van der Waals surface area contributed by atoms with Crippen LogP contribution in [0.2, 0.25) is 0 Å². The summed E-state index contributed by atoms with van der Waals surface area (Å²) >= 11 is 0. The lowest BCUT2D eigenvalue weighted by atomic mass is 9.74. The lowest BCUT2D eigenvalue weighted by molar-refractivity contribution is -0.320. The molecule has 3 heterocycles. The molecule has 336 valence electrons. The van der Waals surface area contributed by atoms with Gasteiger partial charge in [0.15, 0.2) is 24.8 Å². The maximum atomic E-state index is 14.4. The highest BCUT2D eigenvalue weighted by atomic mass is 16.7. The van der Waals surface area contributed by atoms with Crippen molar-refractivity contribution in [1.82, 2.24) is 4.90 Å². The standard InChI is InChI=1S/C42H73NO15/c1-17-30-42(12,49)35(47)23(4)32(46)21(2)19-40(10,50-15)36(58-39-34(54-27(8)44)29(43(13)14)18-22(3)52-39)24(5)33(25(6)38(48)56-30)57-31-20-41(11,51-16)37(26(7)53-31)55-28(9)45/h21-26,29-31,33-37,39,47,49H,17-20H2,1-16H3/t21-,22-,23+,24+,25-,26+,29+,30-,31?,33+,34-,35-,36-,37+,39+,40-,41+,42-/m1/s1. The van der Waals surface area contributed by atoms with Crippen LogP contribution in [0.15, 0.2) is 0 Å². The average Bonchev–Trinajstić information content (AvgIpc) is 3.14. The number of ketones is 1. The number of carbonyl (C=O) groups is 4. The molecule has 0 saturated carbocycles. The SMILES string of the molecule is CC[C@H]1OC(=O)[C@H](C)[C@@H](OC2C[C@](C)(OC)[C@@H](OC(C)=O)[C@H](C)O2)[C@H](C)[C@@H](O[C@@H]2O[C@H](C)C[C@H](N(C)C)[C@H]2OC(C)=O)[C@](C)(OC)C[C@@H](C)C(=O)[C@H](C)[C@@H](O)[C@]1(C)O. The maximum absolute atomic E-state index is 14.4. The fourth-order valence-corrected chi connectivity index (χ4v) is 9.27. The molecule has 0 aromatic rings. The number of aliphatic hydroxyl groups excluding tert-OH is 1. The number of hydrogen-bond donors (Lipinski definition) is 2. The summed E-state index contributed by atoms with van der Waals surface area (Å²) in [6, 6.07) is -0.295. The van der Waals surface area contributed by atoms with E-state index in [1.54, 1.807) is 48.5 Å². The molecule has 3 aliphatic rings. The van der Waals surface area contributed by atoms with Gasteiger partial charge in [-0.2, -0.15) is 0 Å². The van der Waals surface area contributed by atoms with E-state index >= 15 is 0 Å². The van der Waals surface area contributed by atoms with E-state index in [0.717, 1.165) is 0 Å². The molecule has 0 aromatic heterocycles. The average molecular weight is 832 g/mol. The van der Waals surface area contributed by atoms with Gasteiger partial charge in [-0.25, -0.2) is 0 Å². The highest BCUT2D eigenvalue weighted by Gasteiger charge is 2.55. The molecule has 0 spiro atoms. The summed E-state index contributed by atoms with van der Waals surface area (Å²) in [7, 11) is 6.76. The second-order valence-electron chi connectivity index (χ2n) is 17.8. The van der Waals surface area contributed by atoms with Crippen molar-refractivity contribution in [2.75, 3.05) is 28.3 Å². The van der Waals surface area contributed by atoms with E-state index < -0.39 is 114 Å². The summed E-state index contributed by atoms with van der Waals surface area (Å²) in [6.45, 7) is 19.6. The topological polar surface area (TPSA) is 195 Å². The van der Waals surface area contributed by atoms with Crippen LogP contribution in [0.5, 0.6) is 0 Å². The molecule has 2 N–H and O–H groups in total. The fraction of sp³-hybridized carbons (Fsp3) is 0.905. The minimum Gasteiger partial charge on any atom is -0.459 e. The van der Waals surface area contributed by atoms with Gasteiger partial charge >= 0.3 is 17.9 Å². The van der Waals surface area contributed by atoms with Gasteiger partial charge in [0, 0.05) is 52.2 Å². The Labute approximate surface area is 345 Å². The van der Waals surface area contributed by atoms with Crippen LogP contribution in [0.4, 0.5) is 0 Å². The lowest BCUT2D eigenvalue weighted by Gasteiger charge is -2.50. The van der Waals surface area contributed by atoms with Gasteiger partial charge in [0.05, 0.1) is 48.1 Å². The van der Waals surface area contributed by atoms with Crippen LogP contribution in [0, 0.1) is 23.7 Å². The predicted octanol–water partition coefficient (Wildman–Crippen LogP) is 3.58. The highest BCUT2D eigenvalue weighted by molar-refractivity contribution is 5.83. The van der Waals surface area contributed by atoms with Crippen molar-refractivity contribution in [3.05, 3.63) is 0 Å². The molecule has 3 aliphatic heterocycles. The zero-order valence-electron chi connectivity index (χ0n) is 37.6. The number of cyclic esters (lactones) is 1. The number of nitrogens with zero attached hydrogens (tertiary/aromatic N) is 1. The van der Waals surface area contributed by atoms with Crippen LogP contribution in [-0.4, -0.2) is 151 Å². The summed E-state index contributed by atoms with van der Waals surface area (Å²) in [5, 5.41) is 23.3. The third kappa shape index (κ3) is 11.1. The smallest absolute Gasteiger partial charge is 0.311 e. The van der Waals surface area contributed by atoms with Crippen molar-refractivity contribution in [2.24, 2.45) is 23.7 Å². The molecule has 16 nitrogen and oxygen atoms in total. The van der Waals surface area contributed by atoms with Crippen LogP contribution < -0.4 is 0 Å². The Balaban J connectivity index is 2.28. The van der Waals surface area contributed by atoms with Crippen LogP contribution >= 0.6 is 0 Å². The number of rotatable bonds is 10. The number of likely N-dealkylation sites (N-methyl/N-ethyl adjacent to an activating group) is 1. The zero-order chi connectivity index (χ0) is 44.2. The van der Waals surface area contributed by atoms with E-state index in [1.807, 2.05) is 32.8 Å². The van der Waals surface area contributed by atoms with Crippen molar-refractivity contribution in [2.45, 2.75) is 193 Å². The Hall–Kier alpha value is -2.28. The normalized spacial score (nSPS) is 44.9. The molecule has 0 aliphatic carbocycles. The number of carbonyl (C=O) groups excluding carboxylic acids is 4. The van der Waals surface area contributed by atoms with Gasteiger partial charge in [0.25, 0.3) is 0 Å². The largest absolute Gasteiger partial charge is 0.459 e.